The standard InChI is InChI=1S/C19H15NO3S3/c1-14-10-12-15(13-11-14)26(22,23)20-25(21)18-8-4-2-6-16(18)24-17-7-3-5-9-19(17)25/h2-13H,1H3. The van der Waals surface area contributed by atoms with Crippen LogP contribution >= 0.6 is 11.8 Å². The predicted octanol–water partition coefficient (Wildman–Crippen LogP) is 4.73. The molecule has 1 heterocycles. The van der Waals surface area contributed by atoms with Crippen LogP contribution in [0.3, 0.4) is 0 Å². The van der Waals surface area contributed by atoms with E-state index in [2.05, 4.69) is 3.77 Å². The van der Waals surface area contributed by atoms with Crippen LogP contribution in [0, 0.1) is 6.92 Å². The van der Waals surface area contributed by atoms with Crippen molar-refractivity contribution in [2.75, 3.05) is 0 Å². The summed E-state index contributed by atoms with van der Waals surface area (Å²) in [5.41, 5.74) is 0.942. The Kier molecular flexibility index (Phi) is 4.17. The van der Waals surface area contributed by atoms with Gasteiger partial charge in [0.15, 0.2) is 0 Å². The molecule has 0 bridgehead atoms. The van der Waals surface area contributed by atoms with E-state index in [4.69, 9.17) is 0 Å². The van der Waals surface area contributed by atoms with Crippen molar-refractivity contribution in [3.8, 4) is 0 Å². The zero-order chi connectivity index (χ0) is 18.4. The topological polar surface area (TPSA) is 63.6 Å². The molecule has 0 amide bonds. The van der Waals surface area contributed by atoms with Gasteiger partial charge in [0.2, 0.25) is 0 Å². The molecule has 0 aliphatic carbocycles. The third kappa shape index (κ3) is 2.86. The number of aryl methyl sites for hydroxylation is 1. The summed E-state index contributed by atoms with van der Waals surface area (Å²) in [5, 5.41) is 0. The maximum absolute atomic E-state index is 13.9. The molecule has 4 rings (SSSR count). The van der Waals surface area contributed by atoms with Crippen LogP contribution in [0.1, 0.15) is 5.56 Å². The minimum Gasteiger partial charge on any atom is -0.239 e. The van der Waals surface area contributed by atoms with Gasteiger partial charge in [-0.3, -0.25) is 0 Å². The molecule has 0 aromatic heterocycles. The lowest BCUT2D eigenvalue weighted by atomic mass is 10.2. The molecule has 0 N–H and O–H groups in total. The normalized spacial score (nSPS) is 15.0. The van der Waals surface area contributed by atoms with Gasteiger partial charge < -0.3 is 0 Å². The molecule has 1 aliphatic rings. The number of fused-ring (bicyclic) bond motifs is 2. The number of nitrogens with zero attached hydrogens (tertiary/aromatic N) is 1. The van der Waals surface area contributed by atoms with E-state index >= 15 is 0 Å². The van der Waals surface area contributed by atoms with E-state index < -0.39 is 19.8 Å². The van der Waals surface area contributed by atoms with Gasteiger partial charge in [0.1, 0.15) is 9.73 Å². The first-order valence-electron chi connectivity index (χ1n) is 7.86. The molecule has 26 heavy (non-hydrogen) atoms. The Morgan fingerprint density at radius 2 is 1.31 bits per heavy atom. The van der Waals surface area contributed by atoms with E-state index in [1.807, 2.05) is 31.2 Å². The highest BCUT2D eigenvalue weighted by atomic mass is 32.3. The van der Waals surface area contributed by atoms with Gasteiger partial charge in [0.05, 0.1) is 14.7 Å². The summed E-state index contributed by atoms with van der Waals surface area (Å²) >= 11 is 1.47. The Hall–Kier alpha value is -2.09. The SMILES string of the molecule is Cc1ccc(S(=O)(=O)N=S2(=O)c3ccccc3Sc3ccccc32)cc1. The molecule has 0 saturated heterocycles. The minimum absolute atomic E-state index is 0.0408. The summed E-state index contributed by atoms with van der Waals surface area (Å²) in [7, 11) is -7.39. The van der Waals surface area contributed by atoms with Gasteiger partial charge in [-0.05, 0) is 43.3 Å². The zero-order valence-electron chi connectivity index (χ0n) is 13.8. The average Bonchev–Trinajstić information content (AvgIpc) is 2.62. The summed E-state index contributed by atoms with van der Waals surface area (Å²) in [6.07, 6.45) is 0. The van der Waals surface area contributed by atoms with Crippen molar-refractivity contribution in [2.45, 2.75) is 31.4 Å². The quantitative estimate of drug-likeness (QED) is 0.487. The minimum atomic E-state index is -4.08. The molecule has 3 aromatic rings. The van der Waals surface area contributed by atoms with E-state index in [-0.39, 0.29) is 4.90 Å². The molecular weight excluding hydrogens is 386 g/mol. The van der Waals surface area contributed by atoms with Gasteiger partial charge in [0, 0.05) is 9.79 Å². The highest BCUT2D eigenvalue weighted by Gasteiger charge is 2.31. The second kappa shape index (κ2) is 6.26. The molecule has 3 aromatic carbocycles. The second-order valence-electron chi connectivity index (χ2n) is 5.88. The van der Waals surface area contributed by atoms with E-state index in [1.54, 1.807) is 36.4 Å². The Morgan fingerprint density at radius 1 is 0.808 bits per heavy atom. The molecule has 0 atom stereocenters. The van der Waals surface area contributed by atoms with E-state index in [1.165, 1.54) is 23.9 Å². The van der Waals surface area contributed by atoms with Crippen molar-refractivity contribution in [2.24, 2.45) is 3.77 Å². The summed E-state index contributed by atoms with van der Waals surface area (Å²) in [4.78, 5) is 2.45. The average molecular weight is 402 g/mol. The van der Waals surface area contributed by atoms with Gasteiger partial charge in [-0.25, -0.2) is 4.21 Å². The first kappa shape index (κ1) is 17.3. The van der Waals surface area contributed by atoms with Gasteiger partial charge in [-0.2, -0.15) is 8.42 Å². The van der Waals surface area contributed by atoms with E-state index in [0.29, 0.717) is 9.79 Å². The van der Waals surface area contributed by atoms with Crippen LogP contribution in [0.2, 0.25) is 0 Å². The first-order chi connectivity index (χ1) is 12.4. The number of rotatable bonds is 2. The molecule has 132 valence electrons. The third-order valence-electron chi connectivity index (χ3n) is 4.04. The Balaban J connectivity index is 2.02. The lowest BCUT2D eigenvalue weighted by Gasteiger charge is -2.22. The third-order valence-corrected chi connectivity index (χ3v) is 9.84. The Labute approximate surface area is 157 Å². The smallest absolute Gasteiger partial charge is 0.239 e. The molecular formula is C19H15NO3S3. The van der Waals surface area contributed by atoms with Crippen molar-refractivity contribution in [1.82, 2.24) is 0 Å². The van der Waals surface area contributed by atoms with Gasteiger partial charge >= 0.3 is 0 Å². The second-order valence-corrected chi connectivity index (χ2v) is 10.9. The van der Waals surface area contributed by atoms with Crippen LogP contribution < -0.4 is 0 Å². The van der Waals surface area contributed by atoms with Crippen molar-refractivity contribution in [1.29, 1.82) is 0 Å². The molecule has 1 aliphatic heterocycles. The van der Waals surface area contributed by atoms with Gasteiger partial charge in [-0.1, -0.05) is 57.5 Å². The zero-order valence-corrected chi connectivity index (χ0v) is 16.3. The Morgan fingerprint density at radius 3 is 1.85 bits per heavy atom. The van der Waals surface area contributed by atoms with Crippen LogP contribution in [0.5, 0.6) is 0 Å². The summed E-state index contributed by atoms with van der Waals surface area (Å²) in [5.74, 6) is 0. The van der Waals surface area contributed by atoms with Gasteiger partial charge in [-0.15, -0.1) is 0 Å². The molecule has 0 radical (unpaired) electrons. The monoisotopic (exact) mass is 401 g/mol. The fourth-order valence-corrected chi connectivity index (χ4v) is 8.55. The van der Waals surface area contributed by atoms with Crippen LogP contribution in [-0.4, -0.2) is 12.6 Å². The molecule has 0 unspecified atom stereocenters. The fraction of sp³-hybridized carbons (Fsp3) is 0.0526. The number of sulfonamides is 1. The fourth-order valence-electron chi connectivity index (χ4n) is 2.73. The summed E-state index contributed by atoms with van der Waals surface area (Å²) in [6.45, 7) is 1.87. The van der Waals surface area contributed by atoms with E-state index in [9.17, 15) is 12.6 Å². The summed E-state index contributed by atoms with van der Waals surface area (Å²) < 4.78 is 43.7. The maximum Gasteiger partial charge on any atom is 0.290 e. The highest BCUT2D eigenvalue weighted by molar-refractivity contribution is 8.06. The number of benzene rings is 3. The molecule has 0 spiro atoms. The maximum atomic E-state index is 13.9. The lowest BCUT2D eigenvalue weighted by molar-refractivity contribution is 0.597. The van der Waals surface area contributed by atoms with Crippen LogP contribution in [0.15, 0.2) is 101 Å². The van der Waals surface area contributed by atoms with Crippen molar-refractivity contribution in [3.63, 3.8) is 0 Å². The van der Waals surface area contributed by atoms with Crippen molar-refractivity contribution < 1.29 is 12.6 Å². The van der Waals surface area contributed by atoms with Crippen LogP contribution in [0.25, 0.3) is 0 Å². The van der Waals surface area contributed by atoms with Crippen molar-refractivity contribution >= 4 is 31.5 Å². The first-order valence-corrected chi connectivity index (χ1v) is 11.6. The Bertz CT molecular complexity index is 1170. The molecule has 7 heteroatoms. The van der Waals surface area contributed by atoms with Gasteiger partial charge in [0.25, 0.3) is 10.0 Å². The molecule has 0 fully saturated rings. The van der Waals surface area contributed by atoms with Crippen LogP contribution in [0.4, 0.5) is 0 Å². The lowest BCUT2D eigenvalue weighted by Crippen LogP contribution is -2.12. The number of hydrogen-bond donors (Lipinski definition) is 0. The largest absolute Gasteiger partial charge is 0.290 e. The number of hydrogen-bond acceptors (Lipinski definition) is 4. The molecule has 0 saturated carbocycles. The highest BCUT2D eigenvalue weighted by Crippen LogP contribution is 2.45. The van der Waals surface area contributed by atoms with Crippen LogP contribution in [-0.2, 0) is 19.8 Å². The molecule has 4 nitrogen and oxygen atoms in total. The predicted molar refractivity (Wildman–Crippen MR) is 102 cm³/mol. The van der Waals surface area contributed by atoms with E-state index in [0.717, 1.165) is 15.4 Å². The van der Waals surface area contributed by atoms with Crippen molar-refractivity contribution in [3.05, 3.63) is 78.4 Å². The summed E-state index contributed by atoms with van der Waals surface area (Å²) in [6, 6.07) is 20.6.